The van der Waals surface area contributed by atoms with Crippen LogP contribution in [0.1, 0.15) is 33.4 Å². The fourth-order valence-electron chi connectivity index (χ4n) is 2.66. The number of nitrogens with zero attached hydrogens (tertiary/aromatic N) is 4. The van der Waals surface area contributed by atoms with Crippen LogP contribution in [0.5, 0.6) is 0 Å². The highest BCUT2D eigenvalue weighted by molar-refractivity contribution is 6.74. The number of aromatic nitrogens is 4. The number of rotatable bonds is 4. The third-order valence-corrected chi connectivity index (χ3v) is 9.76. The molecule has 0 aliphatic carbocycles. The maximum Gasteiger partial charge on any atom is 0.192 e. The van der Waals surface area contributed by atoms with Gasteiger partial charge in [-0.15, -0.1) is 0 Å². The van der Waals surface area contributed by atoms with Gasteiger partial charge >= 0.3 is 0 Å². The summed E-state index contributed by atoms with van der Waals surface area (Å²) in [4.78, 5) is 12.4. The molecule has 3 atom stereocenters. The molecule has 0 unspecified atom stereocenters. The molecule has 1 fully saturated rings. The number of imidazole rings is 1. The Balaban J connectivity index is 1.72. The quantitative estimate of drug-likeness (QED) is 0.798. The van der Waals surface area contributed by atoms with Gasteiger partial charge in [0.1, 0.15) is 17.9 Å². The lowest BCUT2D eigenvalue weighted by molar-refractivity contribution is -0.0471. The van der Waals surface area contributed by atoms with Crippen molar-refractivity contribution in [2.24, 2.45) is 0 Å². The Bertz CT molecular complexity index is 758. The molecule has 2 aromatic rings. The Hall–Kier alpha value is -1.55. The Labute approximate surface area is 148 Å². The van der Waals surface area contributed by atoms with Crippen LogP contribution >= 0.6 is 0 Å². The number of ether oxygens (including phenoxy) is 1. The van der Waals surface area contributed by atoms with Gasteiger partial charge in [0.2, 0.25) is 0 Å². The maximum atomic E-state index is 10.5. The second-order valence-electron chi connectivity index (χ2n) is 8.11. The molecule has 3 rings (SSSR count). The van der Waals surface area contributed by atoms with Gasteiger partial charge in [-0.1, -0.05) is 20.8 Å². The Kier molecular flexibility index (Phi) is 4.61. The summed E-state index contributed by atoms with van der Waals surface area (Å²) in [6.07, 6.45) is 2.12. The SMILES string of the molecule is CC(C)(C)[Si](C)(C)OC[C@H]1C[C@H](O)[C@H](n2cnc3c(N)ncnc32)O1. The normalized spacial score (nSPS) is 25.0. The molecule has 0 bridgehead atoms. The summed E-state index contributed by atoms with van der Waals surface area (Å²) in [6.45, 7) is 11.5. The minimum Gasteiger partial charge on any atom is -0.414 e. The first kappa shape index (κ1) is 18.2. The van der Waals surface area contributed by atoms with Gasteiger partial charge in [0.25, 0.3) is 0 Å². The minimum atomic E-state index is -1.85. The van der Waals surface area contributed by atoms with E-state index in [1.54, 1.807) is 10.9 Å². The minimum absolute atomic E-state index is 0.138. The van der Waals surface area contributed by atoms with E-state index in [2.05, 4.69) is 48.8 Å². The standard InChI is InChI=1S/C16H27N5O3Si/c1-16(2,3)25(4,5)23-7-10-6-11(22)15(24-10)21-9-20-12-13(17)18-8-19-14(12)21/h8-11,15,22H,6-7H2,1-5H3,(H2,17,18,19)/t10-,11+,15-/m1/s1. The molecule has 2 aromatic heterocycles. The van der Waals surface area contributed by atoms with Crippen LogP contribution in [-0.2, 0) is 9.16 Å². The van der Waals surface area contributed by atoms with E-state index in [0.717, 1.165) is 0 Å². The van der Waals surface area contributed by atoms with Crippen molar-refractivity contribution < 1.29 is 14.3 Å². The van der Waals surface area contributed by atoms with Crippen LogP contribution in [-0.4, -0.2) is 51.8 Å². The van der Waals surface area contributed by atoms with Crippen molar-refractivity contribution in [3.8, 4) is 0 Å². The van der Waals surface area contributed by atoms with Crippen molar-refractivity contribution in [2.45, 2.75) is 63.8 Å². The van der Waals surface area contributed by atoms with Crippen molar-refractivity contribution in [1.82, 2.24) is 19.5 Å². The third kappa shape index (κ3) is 3.41. The lowest BCUT2D eigenvalue weighted by Crippen LogP contribution is -2.42. The second kappa shape index (κ2) is 6.31. The highest BCUT2D eigenvalue weighted by atomic mass is 28.4. The highest BCUT2D eigenvalue weighted by Gasteiger charge is 2.41. The van der Waals surface area contributed by atoms with Crippen LogP contribution in [0.4, 0.5) is 5.82 Å². The second-order valence-corrected chi connectivity index (χ2v) is 12.9. The molecule has 0 spiro atoms. The number of aliphatic hydroxyl groups is 1. The lowest BCUT2D eigenvalue weighted by Gasteiger charge is -2.36. The summed E-state index contributed by atoms with van der Waals surface area (Å²) in [5.41, 5.74) is 6.89. The van der Waals surface area contributed by atoms with Crippen LogP contribution < -0.4 is 5.73 Å². The molecule has 1 saturated heterocycles. The molecule has 9 heteroatoms. The van der Waals surface area contributed by atoms with Crippen LogP contribution in [0, 0.1) is 0 Å². The van der Waals surface area contributed by atoms with Gasteiger partial charge in [-0.05, 0) is 18.1 Å². The van der Waals surface area contributed by atoms with Gasteiger partial charge in [-0.25, -0.2) is 15.0 Å². The van der Waals surface area contributed by atoms with Gasteiger partial charge < -0.3 is 20.0 Å². The van der Waals surface area contributed by atoms with E-state index in [0.29, 0.717) is 30.0 Å². The first-order chi connectivity index (χ1) is 11.6. The van der Waals surface area contributed by atoms with Crippen LogP contribution in [0.25, 0.3) is 11.2 Å². The zero-order valence-electron chi connectivity index (χ0n) is 15.4. The van der Waals surface area contributed by atoms with Crippen molar-refractivity contribution in [3.05, 3.63) is 12.7 Å². The summed E-state index contributed by atoms with van der Waals surface area (Å²) in [7, 11) is -1.85. The zero-order valence-corrected chi connectivity index (χ0v) is 16.4. The predicted octanol–water partition coefficient (Wildman–Crippen LogP) is 2.08. The average molecular weight is 366 g/mol. The molecule has 138 valence electrons. The van der Waals surface area contributed by atoms with E-state index in [1.807, 2.05) is 0 Å². The molecular weight excluding hydrogens is 338 g/mol. The van der Waals surface area contributed by atoms with Gasteiger partial charge in [0.05, 0.1) is 19.0 Å². The lowest BCUT2D eigenvalue weighted by atomic mass is 10.2. The summed E-state index contributed by atoms with van der Waals surface area (Å²) in [5, 5.41) is 10.6. The summed E-state index contributed by atoms with van der Waals surface area (Å²) in [5.74, 6) is 0.314. The number of aliphatic hydroxyl groups excluding tert-OH is 1. The monoisotopic (exact) mass is 365 g/mol. The van der Waals surface area contributed by atoms with Crippen molar-refractivity contribution in [1.29, 1.82) is 0 Å². The molecule has 0 amide bonds. The summed E-state index contributed by atoms with van der Waals surface area (Å²) >= 11 is 0. The molecule has 0 radical (unpaired) electrons. The Morgan fingerprint density at radius 1 is 1.36 bits per heavy atom. The van der Waals surface area contributed by atoms with Crippen LogP contribution in [0.3, 0.4) is 0 Å². The Morgan fingerprint density at radius 3 is 2.76 bits per heavy atom. The fraction of sp³-hybridized carbons (Fsp3) is 0.688. The first-order valence-electron chi connectivity index (χ1n) is 8.50. The number of hydrogen-bond acceptors (Lipinski definition) is 7. The molecular formula is C16H27N5O3Si. The zero-order chi connectivity index (χ0) is 18.4. The van der Waals surface area contributed by atoms with Gasteiger partial charge in [0, 0.05) is 6.42 Å². The number of anilines is 1. The fourth-order valence-corrected chi connectivity index (χ4v) is 3.70. The predicted molar refractivity (Wildman–Crippen MR) is 97.4 cm³/mol. The van der Waals surface area contributed by atoms with Crippen LogP contribution in [0.2, 0.25) is 18.1 Å². The first-order valence-corrected chi connectivity index (χ1v) is 11.4. The molecule has 1 aliphatic heterocycles. The van der Waals surface area contributed by atoms with Crippen molar-refractivity contribution >= 4 is 25.3 Å². The average Bonchev–Trinajstić information content (AvgIpc) is 3.08. The smallest absolute Gasteiger partial charge is 0.192 e. The molecule has 3 N–H and O–H groups in total. The van der Waals surface area contributed by atoms with Crippen molar-refractivity contribution in [3.63, 3.8) is 0 Å². The van der Waals surface area contributed by atoms with Crippen LogP contribution in [0.15, 0.2) is 12.7 Å². The van der Waals surface area contributed by atoms with Crippen molar-refractivity contribution in [2.75, 3.05) is 12.3 Å². The van der Waals surface area contributed by atoms with E-state index in [-0.39, 0.29) is 11.1 Å². The number of fused-ring (bicyclic) bond motifs is 1. The van der Waals surface area contributed by atoms with Gasteiger partial charge in [-0.3, -0.25) is 4.57 Å². The van der Waals surface area contributed by atoms with E-state index in [9.17, 15) is 5.11 Å². The Morgan fingerprint density at radius 2 is 2.08 bits per heavy atom. The molecule has 0 aromatic carbocycles. The van der Waals surface area contributed by atoms with Gasteiger partial charge in [-0.2, -0.15) is 0 Å². The highest BCUT2D eigenvalue weighted by Crippen LogP contribution is 2.38. The van der Waals surface area contributed by atoms with E-state index in [1.165, 1.54) is 6.33 Å². The third-order valence-electron chi connectivity index (χ3n) is 5.26. The number of nitrogens with two attached hydrogens (primary N) is 1. The molecule has 0 saturated carbocycles. The molecule has 3 heterocycles. The number of nitrogen functional groups attached to an aromatic ring is 1. The van der Waals surface area contributed by atoms with E-state index >= 15 is 0 Å². The topological polar surface area (TPSA) is 108 Å². The van der Waals surface area contributed by atoms with E-state index < -0.39 is 20.6 Å². The molecule has 8 nitrogen and oxygen atoms in total. The molecule has 1 aliphatic rings. The largest absolute Gasteiger partial charge is 0.414 e. The summed E-state index contributed by atoms with van der Waals surface area (Å²) < 4.78 is 14.0. The van der Waals surface area contributed by atoms with E-state index in [4.69, 9.17) is 14.9 Å². The number of hydrogen-bond donors (Lipinski definition) is 2. The summed E-state index contributed by atoms with van der Waals surface area (Å²) in [6, 6.07) is 0. The molecule has 25 heavy (non-hydrogen) atoms. The maximum absolute atomic E-state index is 10.5. The van der Waals surface area contributed by atoms with Gasteiger partial charge in [0.15, 0.2) is 26.0 Å².